The van der Waals surface area contributed by atoms with Crippen LogP contribution in [-0.2, 0) is 16.1 Å². The number of benzene rings is 3. The molecule has 1 saturated heterocycles. The SMILES string of the molecule is CC(=O)OC[N+]1(C)CCN(Cc2ccc(C(=O)Nc3ccc(C)c(Nc4nccc(-c5cccnc5)n4)c3)cc2)CC1.c1ccccc1. The standard InChI is InChI=1S/C32H35N7O3.C6H6/c1-23-6-11-28(19-30(23)37-32-34-14-12-29(36-32)27-5-4-13-33-20-27)35-31(41)26-9-7-25(8-10-26)21-38-15-17-39(3,18-16-38)22-42-24(2)40;1-2-4-6-5-3-1/h4-14,19-20H,15-18,21-22H2,1-3H3,(H-,34,35,36,37,41);1-6H/p+1. The molecule has 10 nitrogen and oxygen atoms in total. The molecule has 3 aromatic carbocycles. The van der Waals surface area contributed by atoms with Gasteiger partial charge in [-0.25, -0.2) is 9.97 Å². The van der Waals surface area contributed by atoms with Crippen LogP contribution >= 0.6 is 0 Å². The third kappa shape index (κ3) is 10.0. The molecule has 3 heterocycles. The number of carbonyl (C=O) groups excluding carboxylic acids is 2. The van der Waals surface area contributed by atoms with E-state index in [1.54, 1.807) is 18.6 Å². The van der Waals surface area contributed by atoms with Crippen molar-refractivity contribution in [2.24, 2.45) is 0 Å². The molecular weight excluding hydrogens is 602 g/mol. The molecule has 0 atom stereocenters. The first-order chi connectivity index (χ1) is 23.3. The number of piperazine rings is 1. The van der Waals surface area contributed by atoms with Crippen molar-refractivity contribution in [3.8, 4) is 11.3 Å². The van der Waals surface area contributed by atoms with Gasteiger partial charge in [-0.05, 0) is 60.5 Å². The van der Waals surface area contributed by atoms with Crippen molar-refractivity contribution in [3.05, 3.63) is 132 Å². The van der Waals surface area contributed by atoms with Gasteiger partial charge in [0.15, 0.2) is 0 Å². The highest BCUT2D eigenvalue weighted by atomic mass is 16.5. The minimum Gasteiger partial charge on any atom is -0.415 e. The van der Waals surface area contributed by atoms with Crippen LogP contribution in [0.3, 0.4) is 0 Å². The normalized spacial score (nSPS) is 13.8. The number of esters is 1. The van der Waals surface area contributed by atoms with Crippen LogP contribution in [0.5, 0.6) is 0 Å². The highest BCUT2D eigenvalue weighted by molar-refractivity contribution is 6.04. The smallest absolute Gasteiger partial charge is 0.306 e. The van der Waals surface area contributed by atoms with Gasteiger partial charge in [0.1, 0.15) is 0 Å². The fourth-order valence-electron chi connectivity index (χ4n) is 5.18. The van der Waals surface area contributed by atoms with Gasteiger partial charge in [0.2, 0.25) is 12.7 Å². The lowest BCUT2D eigenvalue weighted by atomic mass is 10.1. The molecule has 1 amide bonds. The van der Waals surface area contributed by atoms with Gasteiger partial charge in [-0.15, -0.1) is 0 Å². The van der Waals surface area contributed by atoms with Gasteiger partial charge >= 0.3 is 5.97 Å². The van der Waals surface area contributed by atoms with E-state index in [0.717, 1.165) is 65.3 Å². The van der Waals surface area contributed by atoms with Crippen molar-refractivity contribution in [2.75, 3.05) is 50.6 Å². The lowest BCUT2D eigenvalue weighted by Crippen LogP contribution is -2.57. The van der Waals surface area contributed by atoms with E-state index in [4.69, 9.17) is 4.74 Å². The monoisotopic (exact) mass is 644 g/mol. The van der Waals surface area contributed by atoms with E-state index in [9.17, 15) is 9.59 Å². The summed E-state index contributed by atoms with van der Waals surface area (Å²) in [6.07, 6.45) is 5.19. The van der Waals surface area contributed by atoms with Gasteiger partial charge in [-0.3, -0.25) is 24.0 Å². The zero-order chi connectivity index (χ0) is 33.8. The average molecular weight is 645 g/mol. The lowest BCUT2D eigenvalue weighted by Gasteiger charge is -2.41. The lowest BCUT2D eigenvalue weighted by molar-refractivity contribution is -0.929. The Morgan fingerprint density at radius 1 is 0.896 bits per heavy atom. The predicted molar refractivity (Wildman–Crippen MR) is 188 cm³/mol. The summed E-state index contributed by atoms with van der Waals surface area (Å²) in [5.41, 5.74) is 5.88. The molecule has 2 N–H and O–H groups in total. The van der Waals surface area contributed by atoms with Crippen LogP contribution < -0.4 is 10.6 Å². The minimum absolute atomic E-state index is 0.178. The van der Waals surface area contributed by atoms with Crippen LogP contribution in [-0.4, -0.2) is 76.2 Å². The van der Waals surface area contributed by atoms with Crippen molar-refractivity contribution in [1.29, 1.82) is 0 Å². The highest BCUT2D eigenvalue weighted by Gasteiger charge is 2.29. The summed E-state index contributed by atoms with van der Waals surface area (Å²) in [6, 6.07) is 31.1. The van der Waals surface area contributed by atoms with Crippen LogP contribution in [0, 0.1) is 6.92 Å². The maximum Gasteiger partial charge on any atom is 0.306 e. The number of aryl methyl sites for hydroxylation is 1. The number of nitrogens with zero attached hydrogens (tertiary/aromatic N) is 5. The number of quaternary nitrogens is 1. The predicted octanol–water partition coefficient (Wildman–Crippen LogP) is 6.31. The Bertz CT molecular complexity index is 1750. The molecule has 0 saturated carbocycles. The van der Waals surface area contributed by atoms with Gasteiger partial charge in [0.05, 0.1) is 25.8 Å². The molecule has 48 heavy (non-hydrogen) atoms. The molecule has 5 aromatic rings. The van der Waals surface area contributed by atoms with E-state index >= 15 is 0 Å². The first kappa shape index (κ1) is 33.9. The number of ether oxygens (including phenoxy) is 1. The van der Waals surface area contributed by atoms with Gasteiger partial charge in [0, 0.05) is 67.7 Å². The molecule has 246 valence electrons. The number of carbonyl (C=O) groups is 2. The fraction of sp³-hybridized carbons (Fsp3) is 0.237. The molecule has 1 fully saturated rings. The van der Waals surface area contributed by atoms with Gasteiger partial charge in [-0.2, -0.15) is 0 Å². The maximum absolute atomic E-state index is 13.0. The zero-order valence-electron chi connectivity index (χ0n) is 27.7. The number of likely N-dealkylation sites (N-methyl/N-ethyl adjacent to an activating group) is 1. The van der Waals surface area contributed by atoms with E-state index in [2.05, 4.69) is 37.5 Å². The number of hydrogen-bond acceptors (Lipinski definition) is 8. The summed E-state index contributed by atoms with van der Waals surface area (Å²) < 4.78 is 5.97. The van der Waals surface area contributed by atoms with Crippen molar-refractivity contribution in [2.45, 2.75) is 20.4 Å². The Morgan fingerprint density at radius 2 is 1.60 bits per heavy atom. The van der Waals surface area contributed by atoms with Crippen molar-refractivity contribution >= 4 is 29.2 Å². The zero-order valence-corrected chi connectivity index (χ0v) is 27.7. The Morgan fingerprint density at radius 3 is 2.25 bits per heavy atom. The summed E-state index contributed by atoms with van der Waals surface area (Å²) >= 11 is 0. The molecule has 6 rings (SSSR count). The minimum atomic E-state index is -0.238. The summed E-state index contributed by atoms with van der Waals surface area (Å²) in [6.45, 7) is 8.34. The molecule has 0 aliphatic carbocycles. The third-order valence-electron chi connectivity index (χ3n) is 8.14. The van der Waals surface area contributed by atoms with Gasteiger partial charge in [-0.1, -0.05) is 54.6 Å². The average Bonchev–Trinajstić information content (AvgIpc) is 3.12. The maximum atomic E-state index is 13.0. The summed E-state index contributed by atoms with van der Waals surface area (Å²) in [5, 5.41) is 6.28. The largest absolute Gasteiger partial charge is 0.415 e. The fourth-order valence-corrected chi connectivity index (χ4v) is 5.18. The Kier molecular flexibility index (Phi) is 11.6. The molecule has 0 radical (unpaired) electrons. The van der Waals surface area contributed by atoms with Crippen molar-refractivity contribution in [3.63, 3.8) is 0 Å². The summed E-state index contributed by atoms with van der Waals surface area (Å²) in [4.78, 5) is 39.7. The molecule has 0 bridgehead atoms. The van der Waals surface area contributed by atoms with E-state index in [-0.39, 0.29) is 11.9 Å². The van der Waals surface area contributed by atoms with E-state index in [1.165, 1.54) is 6.92 Å². The Hall–Kier alpha value is -5.45. The second-order valence-electron chi connectivity index (χ2n) is 12.1. The molecule has 1 aliphatic rings. The van der Waals surface area contributed by atoms with E-state index in [0.29, 0.717) is 23.9 Å². The molecule has 0 unspecified atom stereocenters. The van der Waals surface area contributed by atoms with Crippen LogP contribution in [0.15, 0.2) is 116 Å². The van der Waals surface area contributed by atoms with Crippen LogP contribution in [0.2, 0.25) is 0 Å². The number of anilines is 3. The Balaban J connectivity index is 0.000000677. The quantitative estimate of drug-likeness (QED) is 0.142. The van der Waals surface area contributed by atoms with Crippen LogP contribution in [0.25, 0.3) is 11.3 Å². The molecule has 10 heteroatoms. The van der Waals surface area contributed by atoms with E-state index < -0.39 is 0 Å². The number of pyridine rings is 1. The van der Waals surface area contributed by atoms with E-state index in [1.807, 2.05) is 104 Å². The second kappa shape index (κ2) is 16.4. The summed E-state index contributed by atoms with van der Waals surface area (Å²) in [5.74, 6) is 0.0424. The first-order valence-electron chi connectivity index (χ1n) is 16.0. The number of hydrogen-bond donors (Lipinski definition) is 2. The highest BCUT2D eigenvalue weighted by Crippen LogP contribution is 2.25. The molecule has 0 spiro atoms. The number of amides is 1. The van der Waals surface area contributed by atoms with Gasteiger partial charge in [0.25, 0.3) is 5.91 Å². The van der Waals surface area contributed by atoms with Crippen molar-refractivity contribution in [1.82, 2.24) is 19.9 Å². The second-order valence-corrected chi connectivity index (χ2v) is 12.1. The molecule has 2 aromatic heterocycles. The number of rotatable bonds is 9. The molecular formula is C38H42N7O3+. The van der Waals surface area contributed by atoms with Crippen LogP contribution in [0.4, 0.5) is 17.3 Å². The van der Waals surface area contributed by atoms with Crippen molar-refractivity contribution < 1.29 is 18.8 Å². The van der Waals surface area contributed by atoms with Crippen LogP contribution in [0.1, 0.15) is 28.4 Å². The number of nitrogens with one attached hydrogen (secondary N) is 2. The topological polar surface area (TPSA) is 109 Å². The first-order valence-corrected chi connectivity index (χ1v) is 16.0. The number of aromatic nitrogens is 3. The Labute approximate surface area is 282 Å². The van der Waals surface area contributed by atoms with Gasteiger partial charge < -0.3 is 15.4 Å². The molecule has 1 aliphatic heterocycles. The summed E-state index contributed by atoms with van der Waals surface area (Å²) in [7, 11) is 2.12. The third-order valence-corrected chi connectivity index (χ3v) is 8.14.